The van der Waals surface area contributed by atoms with E-state index in [9.17, 15) is 4.79 Å². The van der Waals surface area contributed by atoms with E-state index < -0.39 is 6.04 Å². The van der Waals surface area contributed by atoms with Gasteiger partial charge in [-0.2, -0.15) is 8.75 Å². The number of hydrogen-bond donors (Lipinski definition) is 1. The van der Waals surface area contributed by atoms with E-state index in [2.05, 4.69) is 14.1 Å². The molecule has 1 aromatic rings. The monoisotopic (exact) mass is 290 g/mol. The Kier molecular flexibility index (Phi) is 4.36. The van der Waals surface area contributed by atoms with Crippen LogP contribution in [0, 0.1) is 0 Å². The van der Waals surface area contributed by atoms with Gasteiger partial charge in [-0.25, -0.2) is 0 Å². The maximum Gasteiger partial charge on any atom is 0.245 e. The van der Waals surface area contributed by atoms with Crippen LogP contribution >= 0.6 is 23.3 Å². The fourth-order valence-corrected chi connectivity index (χ4v) is 2.56. The van der Waals surface area contributed by atoms with Gasteiger partial charge in [0, 0.05) is 12.6 Å². The molecule has 2 heterocycles. The first-order chi connectivity index (χ1) is 8.59. The molecule has 0 bridgehead atoms. The van der Waals surface area contributed by atoms with Crippen LogP contribution < -0.4 is 10.2 Å². The molecule has 0 radical (unpaired) electrons. The first kappa shape index (κ1) is 13.5. The number of amides is 1. The molecule has 8 heteroatoms. The Balaban J connectivity index is 2.16. The third-order valence-electron chi connectivity index (χ3n) is 2.57. The van der Waals surface area contributed by atoms with E-state index in [1.54, 1.807) is 0 Å². The fraction of sp³-hybridized carbons (Fsp3) is 0.700. The topological polar surface area (TPSA) is 67.3 Å². The van der Waals surface area contributed by atoms with Gasteiger partial charge in [0.05, 0.1) is 24.9 Å². The molecule has 1 amide bonds. The number of nitrogens with one attached hydrogen (secondary N) is 1. The van der Waals surface area contributed by atoms with Gasteiger partial charge in [-0.05, 0) is 13.8 Å². The summed E-state index contributed by atoms with van der Waals surface area (Å²) in [5, 5.41) is 3.21. The van der Waals surface area contributed by atoms with Crippen molar-refractivity contribution < 1.29 is 9.53 Å². The van der Waals surface area contributed by atoms with Crippen LogP contribution in [0.2, 0.25) is 5.15 Å². The number of rotatable bonds is 3. The summed E-state index contributed by atoms with van der Waals surface area (Å²) in [6, 6.07) is -0.312. The first-order valence-electron chi connectivity index (χ1n) is 5.72. The van der Waals surface area contributed by atoms with Crippen molar-refractivity contribution in [2.45, 2.75) is 25.9 Å². The van der Waals surface area contributed by atoms with Crippen LogP contribution in [0.3, 0.4) is 0 Å². The van der Waals surface area contributed by atoms with Gasteiger partial charge in [0.2, 0.25) is 5.91 Å². The summed E-state index contributed by atoms with van der Waals surface area (Å²) in [7, 11) is 0. The van der Waals surface area contributed by atoms with Gasteiger partial charge in [0.15, 0.2) is 11.0 Å². The smallest absolute Gasteiger partial charge is 0.245 e. The summed E-state index contributed by atoms with van der Waals surface area (Å²) >= 11 is 7.01. The van der Waals surface area contributed by atoms with Gasteiger partial charge in [-0.15, -0.1) is 0 Å². The zero-order chi connectivity index (χ0) is 13.1. The summed E-state index contributed by atoms with van der Waals surface area (Å²) in [5.41, 5.74) is 0. The van der Waals surface area contributed by atoms with Crippen molar-refractivity contribution >= 4 is 35.1 Å². The van der Waals surface area contributed by atoms with Crippen molar-refractivity contribution in [1.82, 2.24) is 14.1 Å². The molecule has 1 atom stereocenters. The highest BCUT2D eigenvalue weighted by Crippen LogP contribution is 2.26. The summed E-state index contributed by atoms with van der Waals surface area (Å²) in [6.07, 6.45) is 0. The summed E-state index contributed by atoms with van der Waals surface area (Å²) in [5.74, 6) is 0.489. The molecule has 2 rings (SSSR count). The molecule has 1 aromatic heterocycles. The van der Waals surface area contributed by atoms with Crippen LogP contribution in [0.1, 0.15) is 13.8 Å². The molecule has 18 heavy (non-hydrogen) atoms. The maximum absolute atomic E-state index is 12.1. The molecule has 1 unspecified atom stereocenters. The van der Waals surface area contributed by atoms with Crippen molar-refractivity contribution in [2.75, 3.05) is 24.7 Å². The lowest BCUT2D eigenvalue weighted by Gasteiger charge is -2.34. The Hall–Kier alpha value is -0.920. The quantitative estimate of drug-likeness (QED) is 0.897. The predicted octanol–water partition coefficient (Wildman–Crippen LogP) is 0.921. The van der Waals surface area contributed by atoms with Gasteiger partial charge in [0.25, 0.3) is 0 Å². The standard InChI is InChI=1S/C10H15ClN4O2S/c1-6(2)12-10(16)7-5-17-4-3-15(7)9-8(11)13-18-14-9/h6-7H,3-5H2,1-2H3,(H,12,16). The lowest BCUT2D eigenvalue weighted by atomic mass is 10.2. The first-order valence-corrected chi connectivity index (χ1v) is 6.83. The number of anilines is 1. The number of aromatic nitrogens is 2. The summed E-state index contributed by atoms with van der Waals surface area (Å²) in [4.78, 5) is 14.0. The number of nitrogens with zero attached hydrogens (tertiary/aromatic N) is 3. The Labute approximate surface area is 115 Å². The van der Waals surface area contributed by atoms with E-state index in [0.717, 1.165) is 11.7 Å². The molecule has 1 aliphatic heterocycles. The van der Waals surface area contributed by atoms with Gasteiger partial charge in [-0.3, -0.25) is 4.79 Å². The number of hydrogen-bond acceptors (Lipinski definition) is 6. The third-order valence-corrected chi connectivity index (χ3v) is 3.44. The number of carbonyl (C=O) groups is 1. The third kappa shape index (κ3) is 2.90. The van der Waals surface area contributed by atoms with Crippen LogP contribution in [0.25, 0.3) is 0 Å². The molecule has 0 aromatic carbocycles. The lowest BCUT2D eigenvalue weighted by molar-refractivity contribution is -0.125. The minimum Gasteiger partial charge on any atom is -0.377 e. The van der Waals surface area contributed by atoms with Crippen molar-refractivity contribution in [3.63, 3.8) is 0 Å². The average Bonchev–Trinajstić information content (AvgIpc) is 2.74. The molecule has 0 saturated carbocycles. The number of ether oxygens (including phenoxy) is 1. The summed E-state index contributed by atoms with van der Waals surface area (Å²) in [6.45, 7) is 5.32. The van der Waals surface area contributed by atoms with E-state index >= 15 is 0 Å². The Morgan fingerprint density at radius 3 is 3.00 bits per heavy atom. The zero-order valence-corrected chi connectivity index (χ0v) is 11.8. The van der Waals surface area contributed by atoms with Crippen LogP contribution in [0.15, 0.2) is 0 Å². The van der Waals surface area contributed by atoms with Gasteiger partial charge < -0.3 is 15.0 Å². The van der Waals surface area contributed by atoms with Crippen molar-refractivity contribution in [3.8, 4) is 0 Å². The largest absolute Gasteiger partial charge is 0.377 e. The number of carbonyl (C=O) groups excluding carboxylic acids is 1. The van der Waals surface area contributed by atoms with Crippen LogP contribution in [0.5, 0.6) is 0 Å². The van der Waals surface area contributed by atoms with E-state index in [-0.39, 0.29) is 11.9 Å². The van der Waals surface area contributed by atoms with Crippen LogP contribution in [-0.4, -0.2) is 46.5 Å². The second-order valence-electron chi connectivity index (χ2n) is 4.33. The predicted molar refractivity (Wildman–Crippen MR) is 70.2 cm³/mol. The highest BCUT2D eigenvalue weighted by Gasteiger charge is 2.32. The van der Waals surface area contributed by atoms with Crippen molar-refractivity contribution in [3.05, 3.63) is 5.15 Å². The van der Waals surface area contributed by atoms with E-state index in [1.807, 2.05) is 18.7 Å². The molecular weight excluding hydrogens is 276 g/mol. The second-order valence-corrected chi connectivity index (χ2v) is 5.21. The number of morpholine rings is 1. The van der Waals surface area contributed by atoms with E-state index in [4.69, 9.17) is 16.3 Å². The molecule has 0 aliphatic carbocycles. The molecule has 1 saturated heterocycles. The van der Waals surface area contributed by atoms with Crippen molar-refractivity contribution in [2.24, 2.45) is 0 Å². The van der Waals surface area contributed by atoms with E-state index in [0.29, 0.717) is 30.7 Å². The normalized spacial score (nSPS) is 20.2. The lowest BCUT2D eigenvalue weighted by Crippen LogP contribution is -2.55. The Morgan fingerprint density at radius 2 is 2.39 bits per heavy atom. The zero-order valence-electron chi connectivity index (χ0n) is 10.2. The molecule has 1 aliphatic rings. The molecule has 1 fully saturated rings. The molecule has 1 N–H and O–H groups in total. The van der Waals surface area contributed by atoms with Gasteiger partial charge >= 0.3 is 0 Å². The average molecular weight is 291 g/mol. The minimum absolute atomic E-state index is 0.0752. The van der Waals surface area contributed by atoms with E-state index in [1.165, 1.54) is 0 Å². The van der Waals surface area contributed by atoms with Crippen LogP contribution in [-0.2, 0) is 9.53 Å². The fourth-order valence-electron chi connectivity index (χ4n) is 1.80. The highest BCUT2D eigenvalue weighted by atomic mass is 35.5. The molecule has 6 nitrogen and oxygen atoms in total. The second kappa shape index (κ2) is 5.81. The maximum atomic E-state index is 12.1. The Morgan fingerprint density at radius 1 is 1.61 bits per heavy atom. The van der Waals surface area contributed by atoms with Crippen LogP contribution in [0.4, 0.5) is 5.82 Å². The summed E-state index contributed by atoms with van der Waals surface area (Å²) < 4.78 is 13.4. The molecule has 0 spiro atoms. The van der Waals surface area contributed by atoms with Gasteiger partial charge in [-0.1, -0.05) is 11.6 Å². The van der Waals surface area contributed by atoms with Crippen molar-refractivity contribution in [1.29, 1.82) is 0 Å². The molecule has 100 valence electrons. The highest BCUT2D eigenvalue weighted by molar-refractivity contribution is 6.99. The number of halogens is 1. The Bertz CT molecular complexity index is 426. The molecular formula is C10H15ClN4O2S. The SMILES string of the molecule is CC(C)NC(=O)C1COCCN1c1nsnc1Cl. The van der Waals surface area contributed by atoms with Gasteiger partial charge in [0.1, 0.15) is 6.04 Å². The minimum atomic E-state index is -0.400.